The van der Waals surface area contributed by atoms with E-state index in [1.807, 2.05) is 0 Å². The monoisotopic (exact) mass is 263 g/mol. The summed E-state index contributed by atoms with van der Waals surface area (Å²) in [6.07, 6.45) is 0.860. The minimum Gasteiger partial charge on any atom is -0.394 e. The van der Waals surface area contributed by atoms with Gasteiger partial charge in [0.05, 0.1) is 52.8 Å². The molecule has 7 nitrogen and oxygen atoms in total. The molecule has 0 radical (unpaired) electrons. The van der Waals surface area contributed by atoms with E-state index in [1.54, 1.807) is 0 Å². The van der Waals surface area contributed by atoms with E-state index in [9.17, 15) is 9.59 Å². The van der Waals surface area contributed by atoms with Gasteiger partial charge in [-0.1, -0.05) is 0 Å². The van der Waals surface area contributed by atoms with Gasteiger partial charge in [-0.2, -0.15) is 0 Å². The standard InChI is InChI=1S/C11H21NO6/c13-3-2-12-11(15)1-5-16-7-9-18-10-8-17-6-4-14/h3,14H,1-2,4-10H2,(H,12,15). The van der Waals surface area contributed by atoms with E-state index >= 15 is 0 Å². The Morgan fingerprint density at radius 2 is 1.56 bits per heavy atom. The van der Waals surface area contributed by atoms with Crippen LogP contribution in [0.15, 0.2) is 0 Å². The number of rotatable bonds is 13. The van der Waals surface area contributed by atoms with E-state index in [0.717, 1.165) is 0 Å². The van der Waals surface area contributed by atoms with Gasteiger partial charge in [0.25, 0.3) is 0 Å². The van der Waals surface area contributed by atoms with E-state index in [0.29, 0.717) is 45.9 Å². The SMILES string of the molecule is O=CCNC(=O)CCOCCOCCOCCO. The topological polar surface area (TPSA) is 94.1 Å². The van der Waals surface area contributed by atoms with Gasteiger partial charge in [-0.15, -0.1) is 0 Å². The van der Waals surface area contributed by atoms with Crippen molar-refractivity contribution in [1.82, 2.24) is 5.32 Å². The first-order valence-corrected chi connectivity index (χ1v) is 5.85. The van der Waals surface area contributed by atoms with Gasteiger partial charge in [-0.25, -0.2) is 0 Å². The molecule has 0 aliphatic carbocycles. The van der Waals surface area contributed by atoms with Gasteiger partial charge >= 0.3 is 0 Å². The molecular formula is C11H21NO6. The Morgan fingerprint density at radius 1 is 1.00 bits per heavy atom. The molecule has 0 aliphatic rings. The fourth-order valence-electron chi connectivity index (χ4n) is 1.02. The van der Waals surface area contributed by atoms with Crippen LogP contribution in [0.3, 0.4) is 0 Å². The van der Waals surface area contributed by atoms with E-state index < -0.39 is 0 Å². The molecule has 0 atom stereocenters. The van der Waals surface area contributed by atoms with Crippen molar-refractivity contribution in [3.05, 3.63) is 0 Å². The summed E-state index contributed by atoms with van der Waals surface area (Å²) in [7, 11) is 0. The highest BCUT2D eigenvalue weighted by Gasteiger charge is 1.99. The number of hydrogen-bond donors (Lipinski definition) is 2. The molecule has 1 amide bonds. The van der Waals surface area contributed by atoms with Crippen LogP contribution in [0.2, 0.25) is 0 Å². The normalized spacial score (nSPS) is 10.3. The molecular weight excluding hydrogens is 242 g/mol. The van der Waals surface area contributed by atoms with Gasteiger partial charge in [0.1, 0.15) is 6.29 Å². The van der Waals surface area contributed by atoms with Gasteiger partial charge in [0, 0.05) is 6.42 Å². The van der Waals surface area contributed by atoms with E-state index in [2.05, 4.69) is 5.32 Å². The molecule has 0 aromatic heterocycles. The fourth-order valence-corrected chi connectivity index (χ4v) is 1.02. The molecule has 0 spiro atoms. The van der Waals surface area contributed by atoms with Gasteiger partial charge < -0.3 is 29.4 Å². The lowest BCUT2D eigenvalue weighted by Gasteiger charge is -2.06. The molecule has 0 aromatic carbocycles. The van der Waals surface area contributed by atoms with Crippen LogP contribution in [0, 0.1) is 0 Å². The number of ether oxygens (including phenoxy) is 3. The molecule has 0 aromatic rings. The average molecular weight is 263 g/mol. The van der Waals surface area contributed by atoms with Gasteiger partial charge in [-0.05, 0) is 0 Å². The largest absolute Gasteiger partial charge is 0.394 e. The molecule has 0 fully saturated rings. The van der Waals surface area contributed by atoms with Crippen molar-refractivity contribution in [1.29, 1.82) is 0 Å². The Kier molecular flexibility index (Phi) is 13.2. The predicted octanol–water partition coefficient (Wildman–Crippen LogP) is -1.27. The van der Waals surface area contributed by atoms with Crippen molar-refractivity contribution in [2.45, 2.75) is 6.42 Å². The molecule has 2 N–H and O–H groups in total. The number of carbonyl (C=O) groups excluding carboxylic acids is 2. The van der Waals surface area contributed by atoms with Crippen molar-refractivity contribution in [3.8, 4) is 0 Å². The van der Waals surface area contributed by atoms with E-state index in [1.165, 1.54) is 0 Å². The van der Waals surface area contributed by atoms with Crippen molar-refractivity contribution in [3.63, 3.8) is 0 Å². The second kappa shape index (κ2) is 14.0. The lowest BCUT2D eigenvalue weighted by Crippen LogP contribution is -2.26. The van der Waals surface area contributed by atoms with Crippen molar-refractivity contribution in [2.75, 3.05) is 52.8 Å². The maximum atomic E-state index is 11.0. The Balaban J connectivity index is 3.06. The minimum absolute atomic E-state index is 0.00921. The first-order chi connectivity index (χ1) is 8.81. The third-order valence-electron chi connectivity index (χ3n) is 1.84. The highest BCUT2D eigenvalue weighted by atomic mass is 16.5. The Morgan fingerprint density at radius 3 is 2.11 bits per heavy atom. The average Bonchev–Trinajstić information content (AvgIpc) is 2.38. The highest BCUT2D eigenvalue weighted by molar-refractivity contribution is 5.78. The van der Waals surface area contributed by atoms with Crippen LogP contribution in [0.25, 0.3) is 0 Å². The number of hydrogen-bond acceptors (Lipinski definition) is 6. The van der Waals surface area contributed by atoms with Crippen molar-refractivity contribution in [2.24, 2.45) is 0 Å². The van der Waals surface area contributed by atoms with E-state index in [4.69, 9.17) is 19.3 Å². The Hall–Kier alpha value is -1.02. The Labute approximate surface area is 106 Å². The van der Waals surface area contributed by atoms with Crippen LogP contribution in [0.4, 0.5) is 0 Å². The smallest absolute Gasteiger partial charge is 0.222 e. The number of aliphatic hydroxyl groups is 1. The summed E-state index contributed by atoms with van der Waals surface area (Å²) < 4.78 is 15.3. The van der Waals surface area contributed by atoms with Crippen LogP contribution in [0.5, 0.6) is 0 Å². The zero-order valence-corrected chi connectivity index (χ0v) is 10.4. The van der Waals surface area contributed by atoms with Crippen LogP contribution < -0.4 is 5.32 Å². The second-order valence-electron chi connectivity index (χ2n) is 3.28. The van der Waals surface area contributed by atoms with Crippen LogP contribution in [-0.4, -0.2) is 70.1 Å². The molecule has 0 rings (SSSR count). The summed E-state index contributed by atoms with van der Waals surface area (Å²) in [5.41, 5.74) is 0. The van der Waals surface area contributed by atoms with Crippen molar-refractivity contribution < 1.29 is 28.9 Å². The first-order valence-electron chi connectivity index (χ1n) is 5.85. The molecule has 0 bridgehead atoms. The second-order valence-corrected chi connectivity index (χ2v) is 3.28. The summed E-state index contributed by atoms with van der Waals surface area (Å²) in [5.74, 6) is -0.208. The summed E-state index contributed by atoms with van der Waals surface area (Å²) in [5, 5.41) is 10.8. The van der Waals surface area contributed by atoms with Gasteiger partial charge in [-0.3, -0.25) is 4.79 Å². The van der Waals surface area contributed by atoms with Gasteiger partial charge in [0.15, 0.2) is 0 Å². The third-order valence-corrected chi connectivity index (χ3v) is 1.84. The molecule has 0 unspecified atom stereocenters. The molecule has 7 heteroatoms. The zero-order valence-electron chi connectivity index (χ0n) is 10.4. The van der Waals surface area contributed by atoms with E-state index in [-0.39, 0.29) is 25.5 Å². The molecule has 18 heavy (non-hydrogen) atoms. The molecule has 0 saturated heterocycles. The molecule has 0 aliphatic heterocycles. The maximum absolute atomic E-state index is 11.0. The quantitative estimate of drug-likeness (QED) is 0.318. The zero-order chi connectivity index (χ0) is 13.5. The lowest BCUT2D eigenvalue weighted by atomic mass is 10.4. The summed E-state index contributed by atoms with van der Waals surface area (Å²) in [6, 6.07) is 0. The molecule has 106 valence electrons. The number of carbonyl (C=O) groups is 2. The van der Waals surface area contributed by atoms with Crippen LogP contribution in [-0.2, 0) is 23.8 Å². The third kappa shape index (κ3) is 13.0. The van der Waals surface area contributed by atoms with Crippen LogP contribution in [0.1, 0.15) is 6.42 Å². The first kappa shape index (κ1) is 17.0. The minimum atomic E-state index is -0.208. The summed E-state index contributed by atoms with van der Waals surface area (Å²) in [6.45, 7) is 2.38. The predicted molar refractivity (Wildman–Crippen MR) is 63.2 cm³/mol. The maximum Gasteiger partial charge on any atom is 0.222 e. The lowest BCUT2D eigenvalue weighted by molar-refractivity contribution is -0.123. The summed E-state index contributed by atoms with van der Waals surface area (Å²) in [4.78, 5) is 21.0. The Bertz CT molecular complexity index is 212. The molecule has 0 saturated carbocycles. The fraction of sp³-hybridized carbons (Fsp3) is 0.818. The van der Waals surface area contributed by atoms with Crippen LogP contribution >= 0.6 is 0 Å². The number of amides is 1. The number of aliphatic hydroxyl groups excluding tert-OH is 1. The molecule has 0 heterocycles. The van der Waals surface area contributed by atoms with Crippen molar-refractivity contribution >= 4 is 12.2 Å². The summed E-state index contributed by atoms with van der Waals surface area (Å²) >= 11 is 0. The number of aldehydes is 1. The number of nitrogens with one attached hydrogen (secondary N) is 1. The highest BCUT2D eigenvalue weighted by Crippen LogP contribution is 1.85. The van der Waals surface area contributed by atoms with Gasteiger partial charge in [0.2, 0.25) is 5.91 Å².